The normalized spacial score (nSPS) is 10.1. The van der Waals surface area contributed by atoms with Gasteiger partial charge in [0.25, 0.3) is 0 Å². The molecule has 1 heterocycles. The lowest BCUT2D eigenvalue weighted by molar-refractivity contribution is 0.461. The Bertz CT molecular complexity index is 514. The monoisotopic (exact) mass is 234 g/mol. The minimum atomic E-state index is 0.498. The summed E-state index contributed by atoms with van der Waals surface area (Å²) in [4.78, 5) is 4.13. The van der Waals surface area contributed by atoms with E-state index in [4.69, 9.17) is 22.1 Å². The number of nitrogens with zero attached hydrogens (tertiary/aromatic N) is 1. The van der Waals surface area contributed by atoms with Crippen molar-refractivity contribution in [1.82, 2.24) is 4.98 Å². The molecule has 0 saturated carbocycles. The molecule has 0 aliphatic rings. The van der Waals surface area contributed by atoms with Crippen molar-refractivity contribution in [2.45, 2.75) is 6.92 Å². The molecule has 0 spiro atoms. The van der Waals surface area contributed by atoms with Crippen LogP contribution < -0.4 is 10.5 Å². The molecule has 1 aromatic carbocycles. The minimum Gasteiger partial charge on any atom is -0.437 e. The SMILES string of the molecule is Cc1cccnc1Oc1ccc(Cl)cc1N. The molecule has 1 aromatic heterocycles. The van der Waals surface area contributed by atoms with Gasteiger partial charge in [-0.25, -0.2) is 4.98 Å². The smallest absolute Gasteiger partial charge is 0.222 e. The fourth-order valence-electron chi connectivity index (χ4n) is 1.29. The number of nitrogen functional groups attached to an aromatic ring is 1. The highest BCUT2D eigenvalue weighted by Crippen LogP contribution is 2.29. The van der Waals surface area contributed by atoms with Crippen LogP contribution in [0, 0.1) is 6.92 Å². The van der Waals surface area contributed by atoms with E-state index in [1.165, 1.54) is 0 Å². The molecule has 4 heteroatoms. The number of rotatable bonds is 2. The fraction of sp³-hybridized carbons (Fsp3) is 0.0833. The standard InChI is InChI=1S/C12H11ClN2O/c1-8-3-2-6-15-12(8)16-11-5-4-9(13)7-10(11)14/h2-7H,14H2,1H3. The van der Waals surface area contributed by atoms with E-state index in [-0.39, 0.29) is 0 Å². The van der Waals surface area contributed by atoms with Gasteiger partial charge in [0.2, 0.25) is 5.88 Å². The van der Waals surface area contributed by atoms with E-state index in [1.807, 2.05) is 19.1 Å². The predicted octanol–water partition coefficient (Wildman–Crippen LogP) is 3.42. The number of hydrogen-bond donors (Lipinski definition) is 1. The van der Waals surface area contributed by atoms with E-state index in [0.717, 1.165) is 5.56 Å². The van der Waals surface area contributed by atoms with Gasteiger partial charge in [-0.2, -0.15) is 0 Å². The summed E-state index contributed by atoms with van der Waals surface area (Å²) in [5.41, 5.74) is 7.24. The number of nitrogens with two attached hydrogens (primary N) is 1. The van der Waals surface area contributed by atoms with Crippen LogP contribution in [0.2, 0.25) is 5.02 Å². The third kappa shape index (κ3) is 2.25. The molecule has 0 aliphatic carbocycles. The molecule has 2 rings (SSSR count). The second-order valence-electron chi connectivity index (χ2n) is 3.41. The topological polar surface area (TPSA) is 48.1 Å². The summed E-state index contributed by atoms with van der Waals surface area (Å²) in [5, 5.41) is 0.586. The number of hydrogen-bond acceptors (Lipinski definition) is 3. The molecular formula is C12H11ClN2O. The Morgan fingerprint density at radius 2 is 2.12 bits per heavy atom. The van der Waals surface area contributed by atoms with Crippen LogP contribution in [0.4, 0.5) is 5.69 Å². The maximum Gasteiger partial charge on any atom is 0.222 e. The third-order valence-electron chi connectivity index (χ3n) is 2.14. The van der Waals surface area contributed by atoms with Gasteiger partial charge in [-0.15, -0.1) is 0 Å². The van der Waals surface area contributed by atoms with Crippen LogP contribution in [0.3, 0.4) is 0 Å². The van der Waals surface area contributed by atoms with Crippen LogP contribution >= 0.6 is 11.6 Å². The third-order valence-corrected chi connectivity index (χ3v) is 2.37. The lowest BCUT2D eigenvalue weighted by Gasteiger charge is -2.09. The predicted molar refractivity (Wildman–Crippen MR) is 64.9 cm³/mol. The molecule has 0 unspecified atom stereocenters. The molecule has 2 aromatic rings. The van der Waals surface area contributed by atoms with Gasteiger partial charge >= 0.3 is 0 Å². The molecular weight excluding hydrogens is 224 g/mol. The van der Waals surface area contributed by atoms with Crippen molar-refractivity contribution in [3.05, 3.63) is 47.1 Å². The number of halogens is 1. The van der Waals surface area contributed by atoms with Crippen molar-refractivity contribution in [2.75, 3.05) is 5.73 Å². The van der Waals surface area contributed by atoms with Crippen LogP contribution in [0.15, 0.2) is 36.5 Å². The number of aryl methyl sites for hydroxylation is 1. The van der Waals surface area contributed by atoms with Crippen molar-refractivity contribution in [3.8, 4) is 11.6 Å². The zero-order chi connectivity index (χ0) is 11.5. The summed E-state index contributed by atoms with van der Waals surface area (Å²) in [7, 11) is 0. The van der Waals surface area contributed by atoms with Gasteiger partial charge in [-0.3, -0.25) is 0 Å². The molecule has 0 amide bonds. The van der Waals surface area contributed by atoms with Crippen molar-refractivity contribution in [2.24, 2.45) is 0 Å². The second-order valence-corrected chi connectivity index (χ2v) is 3.85. The summed E-state index contributed by atoms with van der Waals surface area (Å²) in [6.45, 7) is 1.93. The molecule has 0 saturated heterocycles. The van der Waals surface area contributed by atoms with E-state index < -0.39 is 0 Å². The van der Waals surface area contributed by atoms with Crippen molar-refractivity contribution in [3.63, 3.8) is 0 Å². The largest absolute Gasteiger partial charge is 0.437 e. The van der Waals surface area contributed by atoms with Crippen LogP contribution in [-0.2, 0) is 0 Å². The number of aromatic nitrogens is 1. The van der Waals surface area contributed by atoms with Crippen LogP contribution in [0.25, 0.3) is 0 Å². The maximum atomic E-state index is 5.80. The Kier molecular flexibility index (Phi) is 2.97. The summed E-state index contributed by atoms with van der Waals surface area (Å²) >= 11 is 5.80. The average molecular weight is 235 g/mol. The summed E-state index contributed by atoms with van der Waals surface area (Å²) in [6.07, 6.45) is 1.68. The van der Waals surface area contributed by atoms with Crippen molar-refractivity contribution >= 4 is 17.3 Å². The van der Waals surface area contributed by atoms with Crippen molar-refractivity contribution in [1.29, 1.82) is 0 Å². The lowest BCUT2D eigenvalue weighted by Crippen LogP contribution is -1.94. The Morgan fingerprint density at radius 3 is 2.81 bits per heavy atom. The molecule has 0 fully saturated rings. The quantitative estimate of drug-likeness (QED) is 0.810. The summed E-state index contributed by atoms with van der Waals surface area (Å²) in [5.74, 6) is 1.11. The molecule has 16 heavy (non-hydrogen) atoms. The Labute approximate surface area is 98.8 Å². The number of benzene rings is 1. The van der Waals surface area contributed by atoms with E-state index >= 15 is 0 Å². The Balaban J connectivity index is 2.31. The number of ether oxygens (including phenoxy) is 1. The van der Waals surface area contributed by atoms with Crippen molar-refractivity contribution < 1.29 is 4.74 Å². The average Bonchev–Trinajstić information content (AvgIpc) is 2.25. The molecule has 0 radical (unpaired) electrons. The minimum absolute atomic E-state index is 0.498. The zero-order valence-electron chi connectivity index (χ0n) is 8.77. The highest BCUT2D eigenvalue weighted by Gasteiger charge is 2.05. The summed E-state index contributed by atoms with van der Waals surface area (Å²) < 4.78 is 5.60. The fourth-order valence-corrected chi connectivity index (χ4v) is 1.48. The van der Waals surface area contributed by atoms with E-state index in [2.05, 4.69) is 4.98 Å². The van der Waals surface area contributed by atoms with E-state index in [0.29, 0.717) is 22.3 Å². The van der Waals surface area contributed by atoms with Gasteiger partial charge in [-0.1, -0.05) is 17.7 Å². The van der Waals surface area contributed by atoms with Crippen LogP contribution in [0.1, 0.15) is 5.56 Å². The Hall–Kier alpha value is -1.74. The molecule has 3 nitrogen and oxygen atoms in total. The van der Waals surface area contributed by atoms with Gasteiger partial charge in [0, 0.05) is 16.8 Å². The Morgan fingerprint density at radius 1 is 1.31 bits per heavy atom. The number of anilines is 1. The van der Waals surface area contributed by atoms with Gasteiger partial charge in [0.15, 0.2) is 5.75 Å². The van der Waals surface area contributed by atoms with E-state index in [9.17, 15) is 0 Å². The lowest BCUT2D eigenvalue weighted by atomic mass is 10.3. The molecule has 0 bridgehead atoms. The first kappa shape index (κ1) is 10.8. The zero-order valence-corrected chi connectivity index (χ0v) is 9.53. The molecule has 0 aliphatic heterocycles. The molecule has 2 N–H and O–H groups in total. The highest BCUT2D eigenvalue weighted by atomic mass is 35.5. The van der Waals surface area contributed by atoms with Gasteiger partial charge in [0.1, 0.15) is 0 Å². The van der Waals surface area contributed by atoms with E-state index in [1.54, 1.807) is 24.4 Å². The van der Waals surface area contributed by atoms with Gasteiger partial charge < -0.3 is 10.5 Å². The molecule has 0 atom stereocenters. The van der Waals surface area contributed by atoms with Crippen LogP contribution in [-0.4, -0.2) is 4.98 Å². The number of pyridine rings is 1. The maximum absolute atomic E-state index is 5.80. The first-order valence-electron chi connectivity index (χ1n) is 4.81. The van der Waals surface area contributed by atoms with Gasteiger partial charge in [0.05, 0.1) is 5.69 Å². The molecule has 82 valence electrons. The highest BCUT2D eigenvalue weighted by molar-refractivity contribution is 6.30. The first-order valence-corrected chi connectivity index (χ1v) is 5.19. The summed E-state index contributed by atoms with van der Waals surface area (Å²) in [6, 6.07) is 8.88. The van der Waals surface area contributed by atoms with Gasteiger partial charge in [-0.05, 0) is 31.2 Å². The van der Waals surface area contributed by atoms with Crippen LogP contribution in [0.5, 0.6) is 11.6 Å². The second kappa shape index (κ2) is 4.41. The first-order chi connectivity index (χ1) is 7.66.